The predicted molar refractivity (Wildman–Crippen MR) is 145 cm³/mol. The van der Waals surface area contributed by atoms with Gasteiger partial charge in [0.25, 0.3) is 0 Å². The molecular formula is C30H26Cl2N2O4. The van der Waals surface area contributed by atoms with Crippen molar-refractivity contribution < 1.29 is 19.1 Å². The van der Waals surface area contributed by atoms with E-state index >= 15 is 0 Å². The molecule has 0 radical (unpaired) electrons. The van der Waals surface area contributed by atoms with E-state index in [1.54, 1.807) is 24.3 Å². The molecule has 2 bridgehead atoms. The van der Waals surface area contributed by atoms with Crippen molar-refractivity contribution in [2.75, 3.05) is 12.4 Å². The first-order chi connectivity index (χ1) is 18.1. The summed E-state index contributed by atoms with van der Waals surface area (Å²) in [7, 11) is 1.54. The second-order valence-corrected chi connectivity index (χ2v) is 11.6. The Labute approximate surface area is 230 Å². The number of hydrogen-bond donors (Lipinski definition) is 1. The lowest BCUT2D eigenvalue weighted by Crippen LogP contribution is -2.57. The summed E-state index contributed by atoms with van der Waals surface area (Å²) in [5.41, 5.74) is 3.39. The number of carbonyl (C=O) groups is 3. The molecule has 194 valence electrons. The number of benzene rings is 3. The van der Waals surface area contributed by atoms with Crippen LogP contribution in [0.4, 0.5) is 5.69 Å². The Morgan fingerprint density at radius 3 is 1.74 bits per heavy atom. The third-order valence-electron chi connectivity index (χ3n) is 8.13. The number of hydrogen-bond acceptors (Lipinski definition) is 4. The number of amides is 3. The van der Waals surface area contributed by atoms with Crippen LogP contribution in [-0.4, -0.2) is 35.8 Å². The fraction of sp³-hybridized carbons (Fsp3) is 0.300. The number of carbonyl (C=O) groups excluding carboxylic acids is 3. The van der Waals surface area contributed by atoms with Crippen LogP contribution in [0.5, 0.6) is 5.75 Å². The Balaban J connectivity index is 1.47. The molecule has 4 aliphatic rings. The standard InChI is InChI=1S/C30H26Cl2N2O4/c1-16(2)25(26(35)33-17-9-8-10-18(15-17)38-3)34-27(36)23-24(28(34)37)30(32)20-12-5-4-11-19(20)29(23,31)21-13-6-7-14-22(21)30/h4-16,23-25H,1-3H3,(H,33,35)/t23-,24-,25+,29?,30?/m1/s1. The molecule has 1 N–H and O–H groups in total. The smallest absolute Gasteiger partial charge is 0.247 e. The summed E-state index contributed by atoms with van der Waals surface area (Å²) in [6.45, 7) is 3.62. The molecule has 7 rings (SSSR count). The average molecular weight is 549 g/mol. The number of imide groups is 1. The monoisotopic (exact) mass is 548 g/mol. The second kappa shape index (κ2) is 8.58. The molecule has 1 aliphatic heterocycles. The Morgan fingerprint density at radius 2 is 1.32 bits per heavy atom. The zero-order valence-corrected chi connectivity index (χ0v) is 22.6. The minimum absolute atomic E-state index is 0.367. The van der Waals surface area contributed by atoms with Gasteiger partial charge in [-0.05, 0) is 40.3 Å². The third-order valence-corrected chi connectivity index (χ3v) is 9.42. The van der Waals surface area contributed by atoms with Crippen LogP contribution in [0.1, 0.15) is 36.1 Å². The molecule has 0 saturated carbocycles. The van der Waals surface area contributed by atoms with Gasteiger partial charge in [-0.1, -0.05) is 68.4 Å². The first kappa shape index (κ1) is 25.0. The zero-order valence-electron chi connectivity index (χ0n) is 21.1. The summed E-state index contributed by atoms with van der Waals surface area (Å²) in [5.74, 6) is -3.14. The minimum Gasteiger partial charge on any atom is -0.497 e. The van der Waals surface area contributed by atoms with Gasteiger partial charge in [0.1, 0.15) is 21.5 Å². The Morgan fingerprint density at radius 1 is 0.842 bits per heavy atom. The van der Waals surface area contributed by atoms with Gasteiger partial charge >= 0.3 is 0 Å². The van der Waals surface area contributed by atoms with Gasteiger partial charge in [-0.25, -0.2) is 0 Å². The molecule has 3 aromatic carbocycles. The van der Waals surface area contributed by atoms with Crippen molar-refractivity contribution in [2.45, 2.75) is 29.6 Å². The third kappa shape index (κ3) is 3.10. The number of nitrogens with zero attached hydrogens (tertiary/aromatic N) is 1. The van der Waals surface area contributed by atoms with E-state index in [1.807, 2.05) is 62.4 Å². The number of ether oxygens (including phenoxy) is 1. The van der Waals surface area contributed by atoms with Crippen LogP contribution in [0, 0.1) is 17.8 Å². The number of alkyl halides is 2. The first-order valence-electron chi connectivity index (χ1n) is 12.5. The largest absolute Gasteiger partial charge is 0.497 e. The molecule has 0 aromatic heterocycles. The van der Waals surface area contributed by atoms with Gasteiger partial charge in [-0.15, -0.1) is 23.2 Å². The number of nitrogens with one attached hydrogen (secondary N) is 1. The van der Waals surface area contributed by atoms with Crippen LogP contribution in [0.2, 0.25) is 0 Å². The SMILES string of the molecule is COc1cccc(NC(=O)[C@H](C(C)C)N2C(=O)[C@H]3[C@H](C2=O)C2(Cl)c4ccccc4C3(Cl)c3ccccc32)c1. The minimum atomic E-state index is -1.29. The molecule has 8 heteroatoms. The average Bonchev–Trinajstić information content (AvgIpc) is 3.18. The van der Waals surface area contributed by atoms with Gasteiger partial charge < -0.3 is 10.1 Å². The molecule has 1 saturated heterocycles. The van der Waals surface area contributed by atoms with Crippen LogP contribution in [0.15, 0.2) is 72.8 Å². The van der Waals surface area contributed by atoms with Gasteiger partial charge in [0.15, 0.2) is 0 Å². The highest BCUT2D eigenvalue weighted by Crippen LogP contribution is 2.69. The molecule has 0 spiro atoms. The van der Waals surface area contributed by atoms with Crippen LogP contribution < -0.4 is 10.1 Å². The number of likely N-dealkylation sites (tertiary alicyclic amines) is 1. The molecule has 6 nitrogen and oxygen atoms in total. The van der Waals surface area contributed by atoms with Crippen LogP contribution >= 0.6 is 23.2 Å². The number of rotatable bonds is 5. The Hall–Kier alpha value is -3.35. The van der Waals surface area contributed by atoms with Crippen molar-refractivity contribution in [3.05, 3.63) is 95.1 Å². The van der Waals surface area contributed by atoms with Gasteiger partial charge in [0, 0.05) is 11.8 Å². The van der Waals surface area contributed by atoms with E-state index in [-0.39, 0.29) is 5.92 Å². The molecule has 3 atom stereocenters. The zero-order chi connectivity index (χ0) is 27.0. The molecule has 38 heavy (non-hydrogen) atoms. The highest BCUT2D eigenvalue weighted by atomic mass is 35.5. The van der Waals surface area contributed by atoms with Crippen molar-refractivity contribution in [1.82, 2.24) is 4.90 Å². The summed E-state index contributed by atoms with van der Waals surface area (Å²) in [6, 6.07) is 20.8. The van der Waals surface area contributed by atoms with Crippen molar-refractivity contribution >= 4 is 46.6 Å². The molecule has 3 aliphatic carbocycles. The molecular weight excluding hydrogens is 523 g/mol. The summed E-state index contributed by atoms with van der Waals surface area (Å²) in [5, 5.41) is 2.86. The van der Waals surface area contributed by atoms with Crippen molar-refractivity contribution in [2.24, 2.45) is 17.8 Å². The van der Waals surface area contributed by atoms with Gasteiger partial charge in [-0.2, -0.15) is 0 Å². The van der Waals surface area contributed by atoms with E-state index in [2.05, 4.69) is 5.32 Å². The van der Waals surface area contributed by atoms with E-state index in [1.165, 1.54) is 7.11 Å². The lowest BCUT2D eigenvalue weighted by Gasteiger charge is -2.54. The summed E-state index contributed by atoms with van der Waals surface area (Å²) in [4.78, 5) is 40.7. The van der Waals surface area contributed by atoms with Gasteiger partial charge in [-0.3, -0.25) is 19.3 Å². The van der Waals surface area contributed by atoms with E-state index < -0.39 is 45.3 Å². The van der Waals surface area contributed by atoms with Gasteiger partial charge in [0.2, 0.25) is 17.7 Å². The highest BCUT2D eigenvalue weighted by Gasteiger charge is 2.73. The Bertz CT molecular complexity index is 1380. The highest BCUT2D eigenvalue weighted by molar-refractivity contribution is 6.36. The maximum absolute atomic E-state index is 14.3. The predicted octanol–water partition coefficient (Wildman–Crippen LogP) is 5.25. The fourth-order valence-corrected chi connectivity index (χ4v) is 7.70. The molecule has 3 aromatic rings. The summed E-state index contributed by atoms with van der Waals surface area (Å²) in [6.07, 6.45) is 0. The summed E-state index contributed by atoms with van der Waals surface area (Å²) >= 11 is 15.0. The first-order valence-corrected chi connectivity index (χ1v) is 13.3. The van der Waals surface area contributed by atoms with Gasteiger partial charge in [0.05, 0.1) is 18.9 Å². The normalized spacial score (nSPS) is 27.6. The quantitative estimate of drug-likeness (QED) is 0.349. The van der Waals surface area contributed by atoms with E-state index in [4.69, 9.17) is 27.9 Å². The summed E-state index contributed by atoms with van der Waals surface area (Å²) < 4.78 is 5.26. The lowest BCUT2D eigenvalue weighted by molar-refractivity contribution is -0.148. The molecule has 1 heterocycles. The van der Waals surface area contributed by atoms with Crippen LogP contribution in [-0.2, 0) is 24.1 Å². The van der Waals surface area contributed by atoms with Crippen LogP contribution in [0.3, 0.4) is 0 Å². The van der Waals surface area contributed by atoms with Crippen molar-refractivity contribution in [3.63, 3.8) is 0 Å². The topological polar surface area (TPSA) is 75.7 Å². The molecule has 1 fully saturated rings. The number of anilines is 1. The maximum atomic E-state index is 14.3. The van der Waals surface area contributed by atoms with E-state index in [0.29, 0.717) is 11.4 Å². The van der Waals surface area contributed by atoms with E-state index in [9.17, 15) is 14.4 Å². The maximum Gasteiger partial charge on any atom is 0.247 e. The van der Waals surface area contributed by atoms with E-state index in [0.717, 1.165) is 27.2 Å². The Kier molecular flexibility index (Phi) is 5.64. The van der Waals surface area contributed by atoms with Crippen molar-refractivity contribution in [1.29, 1.82) is 0 Å². The fourth-order valence-electron chi connectivity index (χ4n) is 6.60. The second-order valence-electron chi connectivity index (χ2n) is 10.4. The van der Waals surface area contributed by atoms with Crippen molar-refractivity contribution in [3.8, 4) is 5.75 Å². The number of methoxy groups -OCH3 is 1. The van der Waals surface area contributed by atoms with Crippen LogP contribution in [0.25, 0.3) is 0 Å². The number of halogens is 2. The molecule has 0 unspecified atom stereocenters. The molecule has 3 amide bonds. The lowest BCUT2D eigenvalue weighted by atomic mass is 9.54.